The molecule has 43 heavy (non-hydrogen) atoms. The van der Waals surface area contributed by atoms with Gasteiger partial charge < -0.3 is 34.8 Å². The maximum atomic E-state index is 13.7. The number of aryl methyl sites for hydroxylation is 1. The van der Waals surface area contributed by atoms with Crippen LogP contribution in [0.4, 0.5) is 28.7 Å². The van der Waals surface area contributed by atoms with E-state index >= 15 is 0 Å². The molecule has 10 nitrogen and oxygen atoms in total. The first-order chi connectivity index (χ1) is 20.7. The number of benzene rings is 2. The molecule has 1 atom stereocenters. The lowest BCUT2D eigenvalue weighted by Gasteiger charge is -2.31. The molecule has 0 aliphatic carbocycles. The number of amides is 1. The summed E-state index contributed by atoms with van der Waals surface area (Å²) >= 11 is 0. The van der Waals surface area contributed by atoms with Crippen molar-refractivity contribution in [2.75, 3.05) is 53.7 Å². The van der Waals surface area contributed by atoms with E-state index < -0.39 is 0 Å². The average molecular weight is 581 g/mol. The Labute approximate surface area is 250 Å². The minimum Gasteiger partial charge on any atom is -0.392 e. The average Bonchev–Trinajstić information content (AvgIpc) is 3.45. The summed E-state index contributed by atoms with van der Waals surface area (Å²) in [6.45, 7) is 1.46. The number of carbonyl (C=O) groups excluding carboxylic acids is 1. The van der Waals surface area contributed by atoms with Crippen LogP contribution in [0.1, 0.15) is 27.9 Å². The molecule has 4 heterocycles. The molecule has 3 N–H and O–H groups in total. The highest BCUT2D eigenvalue weighted by Crippen LogP contribution is 2.35. The zero-order valence-corrected chi connectivity index (χ0v) is 24.6. The first kappa shape index (κ1) is 28.4. The quantitative estimate of drug-likeness (QED) is 0.304. The van der Waals surface area contributed by atoms with Crippen LogP contribution in [-0.2, 0) is 20.1 Å². The normalized spacial score (nSPS) is 16.4. The van der Waals surface area contributed by atoms with Crippen LogP contribution < -0.4 is 25.6 Å². The number of rotatable bonds is 7. The van der Waals surface area contributed by atoms with Gasteiger partial charge in [0.1, 0.15) is 17.3 Å². The Bertz CT molecular complexity index is 1750. The lowest BCUT2D eigenvalue weighted by molar-refractivity contribution is 0.0980. The molecular formula is C33H36N6O4. The summed E-state index contributed by atoms with van der Waals surface area (Å²) in [4.78, 5) is 37.3. The van der Waals surface area contributed by atoms with Gasteiger partial charge in [-0.1, -0.05) is 18.2 Å². The number of β-amino-alcohol motifs (C(OH)–C–C–N with tert-alkyl or cyclic N) is 1. The predicted molar refractivity (Wildman–Crippen MR) is 170 cm³/mol. The minimum absolute atomic E-state index is 0.0994. The van der Waals surface area contributed by atoms with Gasteiger partial charge in [0, 0.05) is 69.4 Å². The van der Waals surface area contributed by atoms with Crippen LogP contribution in [0.25, 0.3) is 11.1 Å². The third kappa shape index (κ3) is 5.47. The fourth-order valence-electron chi connectivity index (χ4n) is 5.95. The first-order valence-electron chi connectivity index (χ1n) is 14.5. The second kappa shape index (κ2) is 11.5. The second-order valence-corrected chi connectivity index (χ2v) is 11.4. The number of carbonyl (C=O) groups is 1. The lowest BCUT2D eigenvalue weighted by atomic mass is 9.94. The van der Waals surface area contributed by atoms with Gasteiger partial charge >= 0.3 is 0 Å². The molecule has 0 saturated carbocycles. The molecule has 10 heteroatoms. The van der Waals surface area contributed by atoms with Gasteiger partial charge in [0.15, 0.2) is 0 Å². The Morgan fingerprint density at radius 1 is 1.02 bits per heavy atom. The molecule has 1 fully saturated rings. The molecule has 1 unspecified atom stereocenters. The van der Waals surface area contributed by atoms with Gasteiger partial charge in [-0.3, -0.25) is 9.59 Å². The first-order valence-corrected chi connectivity index (χ1v) is 14.5. The number of hydrogen-bond donors (Lipinski definition) is 3. The number of hydrogen-bond acceptors (Lipinski definition) is 8. The zero-order chi connectivity index (χ0) is 30.2. The van der Waals surface area contributed by atoms with Gasteiger partial charge in [0.25, 0.3) is 11.5 Å². The van der Waals surface area contributed by atoms with Crippen LogP contribution in [0.2, 0.25) is 0 Å². The summed E-state index contributed by atoms with van der Waals surface area (Å²) in [5.74, 6) is 1.15. The van der Waals surface area contributed by atoms with Gasteiger partial charge in [-0.25, -0.2) is 4.98 Å². The van der Waals surface area contributed by atoms with Crippen molar-refractivity contribution in [3.8, 4) is 11.1 Å². The van der Waals surface area contributed by atoms with Gasteiger partial charge in [-0.15, -0.1) is 0 Å². The van der Waals surface area contributed by atoms with Crippen LogP contribution in [0.3, 0.4) is 0 Å². The molecular weight excluding hydrogens is 544 g/mol. The summed E-state index contributed by atoms with van der Waals surface area (Å²) in [6, 6.07) is 18.8. The smallest absolute Gasteiger partial charge is 0.274 e. The van der Waals surface area contributed by atoms with Crippen molar-refractivity contribution >= 4 is 34.6 Å². The van der Waals surface area contributed by atoms with Crippen molar-refractivity contribution in [3.63, 3.8) is 0 Å². The largest absolute Gasteiger partial charge is 0.392 e. The molecule has 0 bridgehead atoms. The standard InChI is InChI=1S/C33H36N6O4/c1-36(2)23-10-11-26-21(16-23)12-15-39(32(26)42)29-7-4-6-25(27(29)20-40)22-17-28(33(43)37(3)18-22)34-30-8-5-9-31(35-30)38-14-13-24(41)19-38/h4-11,16-18,24,40-41H,12-15,19-20H2,1-3H3,(H,34,35). The molecule has 2 aliphatic rings. The van der Waals surface area contributed by atoms with E-state index in [9.17, 15) is 19.8 Å². The van der Waals surface area contributed by atoms with Crippen LogP contribution in [0, 0.1) is 0 Å². The third-order valence-corrected chi connectivity index (χ3v) is 8.26. The Hall–Kier alpha value is -4.67. The Balaban J connectivity index is 1.33. The maximum Gasteiger partial charge on any atom is 0.274 e. The van der Waals surface area contributed by atoms with Crippen molar-refractivity contribution in [3.05, 3.63) is 93.9 Å². The van der Waals surface area contributed by atoms with E-state index in [-0.39, 0.29) is 24.2 Å². The third-order valence-electron chi connectivity index (χ3n) is 8.26. The molecule has 222 valence electrons. The van der Waals surface area contributed by atoms with Crippen LogP contribution in [-0.4, -0.2) is 65.5 Å². The van der Waals surface area contributed by atoms with E-state index in [1.807, 2.05) is 66.4 Å². The molecule has 2 aromatic heterocycles. The molecule has 2 aromatic carbocycles. The van der Waals surface area contributed by atoms with Gasteiger partial charge in [-0.2, -0.15) is 0 Å². The lowest BCUT2D eigenvalue weighted by Crippen LogP contribution is -2.38. The van der Waals surface area contributed by atoms with Crippen LogP contribution in [0.15, 0.2) is 71.7 Å². The number of anilines is 5. The fourth-order valence-corrected chi connectivity index (χ4v) is 5.95. The zero-order valence-electron chi connectivity index (χ0n) is 24.6. The van der Waals surface area contributed by atoms with E-state index in [1.165, 1.54) is 4.57 Å². The van der Waals surface area contributed by atoms with Crippen molar-refractivity contribution in [2.24, 2.45) is 7.05 Å². The van der Waals surface area contributed by atoms with E-state index in [0.29, 0.717) is 54.3 Å². The summed E-state index contributed by atoms with van der Waals surface area (Å²) in [6.07, 6.45) is 2.76. The van der Waals surface area contributed by atoms with E-state index in [1.54, 1.807) is 30.3 Å². The SMILES string of the molecule is CN(C)c1ccc2c(c1)CCN(c1cccc(-c3cc(Nc4cccc(N5CCC(O)C5)n4)c(=O)n(C)c3)c1CO)C2=O. The number of nitrogens with zero attached hydrogens (tertiary/aromatic N) is 5. The van der Waals surface area contributed by atoms with Crippen molar-refractivity contribution in [1.82, 2.24) is 9.55 Å². The van der Waals surface area contributed by atoms with Gasteiger partial charge in [0.05, 0.1) is 18.4 Å². The molecule has 0 radical (unpaired) electrons. The minimum atomic E-state index is -0.371. The monoisotopic (exact) mass is 580 g/mol. The Morgan fingerprint density at radius 3 is 2.58 bits per heavy atom. The summed E-state index contributed by atoms with van der Waals surface area (Å²) < 4.78 is 1.50. The number of aromatic nitrogens is 2. The number of pyridine rings is 2. The molecule has 2 aliphatic heterocycles. The summed E-state index contributed by atoms with van der Waals surface area (Å²) in [5.41, 5.74) is 5.55. The van der Waals surface area contributed by atoms with E-state index in [4.69, 9.17) is 0 Å². The Morgan fingerprint density at radius 2 is 1.84 bits per heavy atom. The molecule has 4 aromatic rings. The maximum absolute atomic E-state index is 13.7. The number of aliphatic hydroxyl groups excluding tert-OH is 2. The number of aliphatic hydroxyl groups is 2. The van der Waals surface area contributed by atoms with E-state index in [2.05, 4.69) is 16.4 Å². The van der Waals surface area contributed by atoms with Crippen molar-refractivity contribution in [2.45, 2.75) is 25.6 Å². The highest BCUT2D eigenvalue weighted by Gasteiger charge is 2.28. The van der Waals surface area contributed by atoms with Crippen LogP contribution >= 0.6 is 0 Å². The van der Waals surface area contributed by atoms with Crippen molar-refractivity contribution < 1.29 is 15.0 Å². The highest BCUT2D eigenvalue weighted by molar-refractivity contribution is 6.09. The number of fused-ring (bicyclic) bond motifs is 1. The summed E-state index contributed by atoms with van der Waals surface area (Å²) in [7, 11) is 5.64. The fraction of sp³-hybridized carbons (Fsp3) is 0.303. The number of nitrogens with one attached hydrogen (secondary N) is 1. The van der Waals surface area contributed by atoms with Crippen molar-refractivity contribution in [1.29, 1.82) is 0 Å². The molecule has 1 saturated heterocycles. The van der Waals surface area contributed by atoms with Crippen LogP contribution in [0.5, 0.6) is 0 Å². The second-order valence-electron chi connectivity index (χ2n) is 11.4. The highest BCUT2D eigenvalue weighted by atomic mass is 16.3. The molecule has 1 amide bonds. The summed E-state index contributed by atoms with van der Waals surface area (Å²) in [5, 5.41) is 23.7. The van der Waals surface area contributed by atoms with E-state index in [0.717, 1.165) is 34.7 Å². The van der Waals surface area contributed by atoms with Gasteiger partial charge in [0.2, 0.25) is 0 Å². The predicted octanol–water partition coefficient (Wildman–Crippen LogP) is 3.52. The van der Waals surface area contributed by atoms with Gasteiger partial charge in [-0.05, 0) is 66.4 Å². The molecule has 6 rings (SSSR count). The topological polar surface area (TPSA) is 114 Å². The molecule has 0 spiro atoms. The Kier molecular flexibility index (Phi) is 7.64.